The summed E-state index contributed by atoms with van der Waals surface area (Å²) in [7, 11) is 0. The SMILES string of the molecule is O=C(Cc1ccccc1[N+](=O)[O-])N(Cc1cccc(F)c1)C1CC1. The lowest BCUT2D eigenvalue weighted by atomic mass is 10.1. The Hall–Kier alpha value is -2.76. The highest BCUT2D eigenvalue weighted by Gasteiger charge is 2.33. The standard InChI is InChI=1S/C18H17FN2O3/c19-15-6-3-4-13(10-15)12-20(16-8-9-16)18(22)11-14-5-1-2-7-17(14)21(23)24/h1-7,10,16H,8-9,11-12H2. The molecule has 0 N–H and O–H groups in total. The zero-order valence-corrected chi connectivity index (χ0v) is 13.0. The van der Waals surface area contributed by atoms with E-state index in [-0.39, 0.29) is 29.9 Å². The molecule has 0 aliphatic heterocycles. The van der Waals surface area contributed by atoms with Crippen molar-refractivity contribution >= 4 is 11.6 Å². The third-order valence-electron chi connectivity index (χ3n) is 4.08. The molecule has 1 aliphatic rings. The number of nitro groups is 1. The second kappa shape index (κ2) is 6.78. The number of halogens is 1. The fraction of sp³-hybridized carbons (Fsp3) is 0.278. The van der Waals surface area contributed by atoms with Gasteiger partial charge in [0.25, 0.3) is 5.69 Å². The Labute approximate surface area is 138 Å². The van der Waals surface area contributed by atoms with E-state index in [9.17, 15) is 19.3 Å². The van der Waals surface area contributed by atoms with Gasteiger partial charge in [0.2, 0.25) is 5.91 Å². The van der Waals surface area contributed by atoms with E-state index in [0.717, 1.165) is 18.4 Å². The van der Waals surface area contributed by atoms with E-state index in [1.807, 2.05) is 0 Å². The molecule has 6 heteroatoms. The Kier molecular flexibility index (Phi) is 4.55. The average molecular weight is 328 g/mol. The molecule has 0 atom stereocenters. The predicted molar refractivity (Wildman–Crippen MR) is 86.8 cm³/mol. The first-order chi connectivity index (χ1) is 11.5. The maximum absolute atomic E-state index is 13.3. The van der Waals surface area contributed by atoms with Gasteiger partial charge in [0.05, 0.1) is 11.3 Å². The molecule has 24 heavy (non-hydrogen) atoms. The minimum absolute atomic E-state index is 0.0248. The van der Waals surface area contributed by atoms with Crippen LogP contribution in [0.15, 0.2) is 48.5 Å². The molecule has 124 valence electrons. The van der Waals surface area contributed by atoms with Gasteiger partial charge in [0.1, 0.15) is 5.82 Å². The van der Waals surface area contributed by atoms with Gasteiger partial charge >= 0.3 is 0 Å². The molecule has 0 saturated heterocycles. The summed E-state index contributed by atoms with van der Waals surface area (Å²) in [5.41, 5.74) is 1.07. The smallest absolute Gasteiger partial charge is 0.273 e. The molecule has 1 saturated carbocycles. The van der Waals surface area contributed by atoms with Crippen LogP contribution in [0.2, 0.25) is 0 Å². The summed E-state index contributed by atoms with van der Waals surface area (Å²) in [5, 5.41) is 11.1. The van der Waals surface area contributed by atoms with Gasteiger partial charge in [-0.2, -0.15) is 0 Å². The Morgan fingerprint density at radius 2 is 1.96 bits per heavy atom. The molecule has 1 amide bonds. The molecule has 3 rings (SSSR count). The van der Waals surface area contributed by atoms with Crippen LogP contribution in [0, 0.1) is 15.9 Å². The largest absolute Gasteiger partial charge is 0.335 e. The molecule has 0 bridgehead atoms. The monoisotopic (exact) mass is 328 g/mol. The van der Waals surface area contributed by atoms with Crippen molar-refractivity contribution in [1.29, 1.82) is 0 Å². The van der Waals surface area contributed by atoms with Crippen LogP contribution < -0.4 is 0 Å². The minimum Gasteiger partial charge on any atom is -0.335 e. The van der Waals surface area contributed by atoms with Crippen LogP contribution in [0.25, 0.3) is 0 Å². The van der Waals surface area contributed by atoms with Gasteiger partial charge < -0.3 is 4.90 Å². The van der Waals surface area contributed by atoms with Crippen molar-refractivity contribution in [3.8, 4) is 0 Å². The maximum Gasteiger partial charge on any atom is 0.273 e. The molecule has 2 aromatic carbocycles. The van der Waals surface area contributed by atoms with Crippen LogP contribution in [0.5, 0.6) is 0 Å². The minimum atomic E-state index is -0.476. The third-order valence-corrected chi connectivity index (χ3v) is 4.08. The van der Waals surface area contributed by atoms with Crippen molar-refractivity contribution in [2.45, 2.75) is 31.8 Å². The van der Waals surface area contributed by atoms with Gasteiger partial charge in [0, 0.05) is 24.2 Å². The Bertz CT molecular complexity index is 774. The summed E-state index contributed by atoms with van der Waals surface area (Å²) < 4.78 is 13.3. The van der Waals surface area contributed by atoms with Gasteiger partial charge in [-0.25, -0.2) is 4.39 Å². The first kappa shape index (κ1) is 16.1. The molecule has 5 nitrogen and oxygen atoms in total. The number of rotatable bonds is 6. The number of benzene rings is 2. The van der Waals surface area contributed by atoms with Crippen LogP contribution in [0.4, 0.5) is 10.1 Å². The number of para-hydroxylation sites is 1. The Balaban J connectivity index is 1.77. The van der Waals surface area contributed by atoms with E-state index < -0.39 is 4.92 Å². The summed E-state index contributed by atoms with van der Waals surface area (Å²) in [6.45, 7) is 0.321. The van der Waals surface area contributed by atoms with Gasteiger partial charge in [-0.05, 0) is 30.5 Å². The maximum atomic E-state index is 13.3. The molecule has 0 radical (unpaired) electrons. The van der Waals surface area contributed by atoms with Crippen molar-refractivity contribution < 1.29 is 14.1 Å². The fourth-order valence-electron chi connectivity index (χ4n) is 2.74. The van der Waals surface area contributed by atoms with Crippen LogP contribution in [-0.2, 0) is 17.8 Å². The normalized spacial score (nSPS) is 13.5. The number of carbonyl (C=O) groups is 1. The van der Waals surface area contributed by atoms with Gasteiger partial charge in [0.15, 0.2) is 0 Å². The molecule has 2 aromatic rings. The predicted octanol–water partition coefficient (Wildman–Crippen LogP) is 3.47. The summed E-state index contributed by atoms with van der Waals surface area (Å²) in [6, 6.07) is 12.6. The number of carbonyl (C=O) groups excluding carboxylic acids is 1. The van der Waals surface area contributed by atoms with Crippen molar-refractivity contribution in [1.82, 2.24) is 4.90 Å². The summed E-state index contributed by atoms with van der Waals surface area (Å²) in [4.78, 5) is 25.0. The fourth-order valence-corrected chi connectivity index (χ4v) is 2.74. The Morgan fingerprint density at radius 1 is 1.21 bits per heavy atom. The molecular weight excluding hydrogens is 311 g/mol. The van der Waals surface area contributed by atoms with Crippen molar-refractivity contribution in [3.05, 3.63) is 75.6 Å². The van der Waals surface area contributed by atoms with E-state index in [1.165, 1.54) is 18.2 Å². The van der Waals surface area contributed by atoms with E-state index in [2.05, 4.69) is 0 Å². The number of amides is 1. The van der Waals surface area contributed by atoms with Crippen molar-refractivity contribution in [3.63, 3.8) is 0 Å². The van der Waals surface area contributed by atoms with Crippen LogP contribution in [-0.4, -0.2) is 21.8 Å². The average Bonchev–Trinajstić information content (AvgIpc) is 3.37. The van der Waals surface area contributed by atoms with E-state index in [1.54, 1.807) is 35.2 Å². The quantitative estimate of drug-likeness (QED) is 0.602. The molecule has 0 spiro atoms. The number of nitrogens with zero attached hydrogens (tertiary/aromatic N) is 2. The van der Waals surface area contributed by atoms with E-state index in [0.29, 0.717) is 12.1 Å². The second-order valence-corrected chi connectivity index (χ2v) is 5.95. The van der Waals surface area contributed by atoms with E-state index in [4.69, 9.17) is 0 Å². The van der Waals surface area contributed by atoms with Gasteiger partial charge in [-0.3, -0.25) is 14.9 Å². The summed E-state index contributed by atoms with van der Waals surface area (Å²) in [6.07, 6.45) is 1.80. The van der Waals surface area contributed by atoms with Crippen LogP contribution in [0.1, 0.15) is 24.0 Å². The molecule has 0 unspecified atom stereocenters. The lowest BCUT2D eigenvalue weighted by Crippen LogP contribution is -2.34. The number of nitro benzene ring substituents is 1. The summed E-state index contributed by atoms with van der Waals surface area (Å²) >= 11 is 0. The highest BCUT2D eigenvalue weighted by molar-refractivity contribution is 5.80. The molecule has 1 fully saturated rings. The van der Waals surface area contributed by atoms with Crippen LogP contribution >= 0.6 is 0 Å². The van der Waals surface area contributed by atoms with Crippen molar-refractivity contribution in [2.24, 2.45) is 0 Å². The zero-order chi connectivity index (χ0) is 17.1. The number of hydrogen-bond acceptors (Lipinski definition) is 3. The molecule has 0 heterocycles. The van der Waals surface area contributed by atoms with Gasteiger partial charge in [-0.15, -0.1) is 0 Å². The molecule has 1 aliphatic carbocycles. The first-order valence-electron chi connectivity index (χ1n) is 7.81. The van der Waals surface area contributed by atoms with Crippen LogP contribution in [0.3, 0.4) is 0 Å². The topological polar surface area (TPSA) is 63.4 Å². The highest BCUT2D eigenvalue weighted by Crippen LogP contribution is 2.30. The first-order valence-corrected chi connectivity index (χ1v) is 7.81. The molecular formula is C18H17FN2O3. The van der Waals surface area contributed by atoms with Gasteiger partial charge in [-0.1, -0.05) is 30.3 Å². The highest BCUT2D eigenvalue weighted by atomic mass is 19.1. The number of hydrogen-bond donors (Lipinski definition) is 0. The molecule has 0 aromatic heterocycles. The lowest BCUT2D eigenvalue weighted by molar-refractivity contribution is -0.385. The van der Waals surface area contributed by atoms with Crippen molar-refractivity contribution in [2.75, 3.05) is 0 Å². The Morgan fingerprint density at radius 3 is 2.62 bits per heavy atom. The third kappa shape index (κ3) is 3.76. The van der Waals surface area contributed by atoms with E-state index >= 15 is 0 Å². The zero-order valence-electron chi connectivity index (χ0n) is 13.0. The lowest BCUT2D eigenvalue weighted by Gasteiger charge is -2.22. The summed E-state index contributed by atoms with van der Waals surface area (Å²) in [5.74, 6) is -0.509. The second-order valence-electron chi connectivity index (χ2n) is 5.95.